The molecule has 0 bridgehead atoms. The number of hydrogen-bond donors (Lipinski definition) is 1. The van der Waals surface area contributed by atoms with Crippen molar-refractivity contribution < 1.29 is 13.2 Å². The van der Waals surface area contributed by atoms with Crippen LogP contribution < -0.4 is 5.69 Å². The number of nitrogens with zero attached hydrogens (tertiary/aromatic N) is 2. The average molecular weight is 407 g/mol. The van der Waals surface area contributed by atoms with Crippen LogP contribution in [-0.4, -0.2) is 34.8 Å². The number of halogens is 1. The quantitative estimate of drug-likeness (QED) is 0.751. The lowest BCUT2D eigenvalue weighted by Gasteiger charge is -2.05. The molecule has 9 heteroatoms. The number of hydrogen-bond acceptors (Lipinski definition) is 5. The van der Waals surface area contributed by atoms with Crippen molar-refractivity contribution in [3.05, 3.63) is 44.1 Å². The molecule has 1 N–H and O–H groups in total. The van der Waals surface area contributed by atoms with E-state index in [0.717, 1.165) is 0 Å². The lowest BCUT2D eigenvalue weighted by atomic mass is 10.4. The van der Waals surface area contributed by atoms with Crippen LogP contribution in [-0.2, 0) is 9.84 Å². The fourth-order valence-corrected chi connectivity index (χ4v) is 4.24. The van der Waals surface area contributed by atoms with Gasteiger partial charge < -0.3 is 0 Å². The van der Waals surface area contributed by atoms with E-state index in [0.29, 0.717) is 8.25 Å². The number of nitrogens with one attached hydrogen (secondary N) is 1. The summed E-state index contributed by atoms with van der Waals surface area (Å²) in [7, 11) is -3.82. The Bertz CT molecular complexity index is 822. The van der Waals surface area contributed by atoms with Gasteiger partial charge in [-0.1, -0.05) is 12.1 Å². The third-order valence-electron chi connectivity index (χ3n) is 2.45. The zero-order valence-electron chi connectivity index (χ0n) is 10.3. The molecule has 1 aromatic heterocycles. The molecule has 106 valence electrons. The fourth-order valence-electron chi connectivity index (χ4n) is 1.60. The maximum absolute atomic E-state index is 12.2. The lowest BCUT2D eigenvalue weighted by molar-refractivity contribution is 0.0920. The molecule has 20 heavy (non-hydrogen) atoms. The summed E-state index contributed by atoms with van der Waals surface area (Å²) in [6, 6.07) is 6.32. The molecule has 0 saturated heterocycles. The minimum atomic E-state index is -3.82. The van der Waals surface area contributed by atoms with Crippen molar-refractivity contribution in [1.82, 2.24) is 14.8 Å². The summed E-state index contributed by atoms with van der Waals surface area (Å²) in [6.07, 6.45) is 0. The minimum Gasteiger partial charge on any atom is -0.293 e. The average Bonchev–Trinajstić information content (AvgIpc) is 2.68. The van der Waals surface area contributed by atoms with E-state index in [-0.39, 0.29) is 10.7 Å². The van der Waals surface area contributed by atoms with E-state index >= 15 is 0 Å². The third-order valence-corrected chi connectivity index (χ3v) is 5.41. The van der Waals surface area contributed by atoms with E-state index in [4.69, 9.17) is 0 Å². The van der Waals surface area contributed by atoms with Crippen molar-refractivity contribution in [3.63, 3.8) is 0 Å². The summed E-state index contributed by atoms with van der Waals surface area (Å²) < 4.78 is 25.4. The first-order valence-electron chi connectivity index (χ1n) is 5.48. The Kier molecular flexibility index (Phi) is 4.09. The summed E-state index contributed by atoms with van der Waals surface area (Å²) in [5, 5.41) is 3.64. The Hall–Kier alpha value is -1.49. The minimum absolute atomic E-state index is 0.0641. The van der Waals surface area contributed by atoms with Crippen molar-refractivity contribution in [1.29, 1.82) is 0 Å². The van der Waals surface area contributed by atoms with Crippen molar-refractivity contribution in [2.24, 2.45) is 0 Å². The monoisotopic (exact) mass is 407 g/mol. The normalized spacial score (nSPS) is 11.5. The highest BCUT2D eigenvalue weighted by Crippen LogP contribution is 2.18. The van der Waals surface area contributed by atoms with Gasteiger partial charge in [-0.15, -0.1) is 9.78 Å². The fraction of sp³-hybridized carbons (Fsp3) is 0.182. The molecule has 0 atom stereocenters. The summed E-state index contributed by atoms with van der Waals surface area (Å²) in [5.74, 6) is -1.45. The highest BCUT2D eigenvalue weighted by Gasteiger charge is 2.24. The second kappa shape index (κ2) is 5.48. The van der Waals surface area contributed by atoms with Crippen LogP contribution in [0.3, 0.4) is 0 Å². The first-order chi connectivity index (χ1) is 9.31. The van der Waals surface area contributed by atoms with E-state index in [2.05, 4.69) is 10.1 Å². The second-order valence-corrected chi connectivity index (χ2v) is 7.13. The lowest BCUT2D eigenvalue weighted by Crippen LogP contribution is -2.31. The summed E-state index contributed by atoms with van der Waals surface area (Å²) in [5.41, 5.74) is -0.745. The molecule has 0 fully saturated rings. The zero-order chi connectivity index (χ0) is 14.9. The molecule has 0 aliphatic rings. The van der Waals surface area contributed by atoms with E-state index in [1.807, 2.05) is 22.6 Å². The number of carbonyl (C=O) groups is 1. The first kappa shape index (κ1) is 14.9. The van der Waals surface area contributed by atoms with Crippen LogP contribution in [0.2, 0.25) is 0 Å². The first-order valence-corrected chi connectivity index (χ1v) is 8.21. The maximum atomic E-state index is 12.2. The molecule has 7 nitrogen and oxygen atoms in total. The third kappa shape index (κ3) is 2.98. The highest BCUT2D eigenvalue weighted by atomic mass is 127. The van der Waals surface area contributed by atoms with Gasteiger partial charge in [0.1, 0.15) is 11.6 Å². The van der Waals surface area contributed by atoms with E-state index in [1.165, 1.54) is 13.0 Å². The highest BCUT2D eigenvalue weighted by molar-refractivity contribution is 14.1. The molecule has 1 heterocycles. The van der Waals surface area contributed by atoms with Crippen LogP contribution in [0.25, 0.3) is 0 Å². The smallest absolute Gasteiger partial charge is 0.293 e. The standard InChI is InChI=1S/C11H10IN3O4S/c1-7-13-11(17)15(14-7)10(16)6-20(18,19)9-5-3-2-4-8(9)12/h2-5H,6H2,1H3,(H,13,14,17). The topological polar surface area (TPSA) is 102 Å². The number of H-pyrrole nitrogens is 1. The van der Waals surface area contributed by atoms with Crippen LogP contribution in [0.1, 0.15) is 10.6 Å². The van der Waals surface area contributed by atoms with Crippen LogP contribution in [0.15, 0.2) is 34.0 Å². The van der Waals surface area contributed by atoms with Gasteiger partial charge in [-0.25, -0.2) is 13.2 Å². The number of rotatable bonds is 3. The number of aromatic nitrogens is 3. The van der Waals surface area contributed by atoms with Gasteiger partial charge in [0.15, 0.2) is 9.84 Å². The molecule has 2 aromatic rings. The Morgan fingerprint density at radius 1 is 1.40 bits per heavy atom. The van der Waals surface area contributed by atoms with Crippen LogP contribution in [0.5, 0.6) is 0 Å². The molecule has 0 aliphatic carbocycles. The van der Waals surface area contributed by atoms with Crippen molar-refractivity contribution in [3.8, 4) is 0 Å². The molecular weight excluding hydrogens is 397 g/mol. The van der Waals surface area contributed by atoms with E-state index < -0.39 is 27.2 Å². The Morgan fingerprint density at radius 2 is 2.05 bits per heavy atom. The van der Waals surface area contributed by atoms with Crippen molar-refractivity contribution in [2.45, 2.75) is 11.8 Å². The van der Waals surface area contributed by atoms with Crippen LogP contribution in [0.4, 0.5) is 0 Å². The molecule has 0 amide bonds. The summed E-state index contributed by atoms with van der Waals surface area (Å²) in [4.78, 5) is 25.6. The van der Waals surface area contributed by atoms with Gasteiger partial charge >= 0.3 is 5.69 Å². The van der Waals surface area contributed by atoms with Gasteiger partial charge in [-0.3, -0.25) is 9.78 Å². The van der Waals surface area contributed by atoms with Crippen LogP contribution in [0, 0.1) is 10.5 Å². The Labute approximate surface area is 128 Å². The van der Waals surface area contributed by atoms with Gasteiger partial charge in [-0.2, -0.15) is 0 Å². The number of aromatic amines is 1. The number of benzene rings is 1. The molecule has 1 aromatic carbocycles. The second-order valence-electron chi connectivity index (χ2n) is 4.01. The number of aryl methyl sites for hydroxylation is 1. The van der Waals surface area contributed by atoms with Crippen molar-refractivity contribution >= 4 is 38.3 Å². The van der Waals surface area contributed by atoms with E-state index in [9.17, 15) is 18.0 Å². The van der Waals surface area contributed by atoms with Gasteiger partial charge in [0.2, 0.25) is 0 Å². The van der Waals surface area contributed by atoms with Crippen LogP contribution >= 0.6 is 22.6 Å². The predicted octanol–water partition coefficient (Wildman–Crippen LogP) is 0.599. The summed E-state index contributed by atoms with van der Waals surface area (Å²) in [6.45, 7) is 1.50. The molecule has 0 saturated carbocycles. The molecule has 0 radical (unpaired) electrons. The van der Waals surface area contributed by atoms with Gasteiger partial charge in [0, 0.05) is 3.57 Å². The SMILES string of the molecule is Cc1nn(C(=O)CS(=O)(=O)c2ccccc2I)c(=O)[nH]1. The number of sulfone groups is 1. The van der Waals surface area contributed by atoms with Gasteiger partial charge in [-0.05, 0) is 41.6 Å². The largest absolute Gasteiger partial charge is 0.350 e. The zero-order valence-corrected chi connectivity index (χ0v) is 13.3. The number of carbonyl (C=O) groups excluding carboxylic acids is 1. The predicted molar refractivity (Wildman–Crippen MR) is 79.4 cm³/mol. The summed E-state index contributed by atoms with van der Waals surface area (Å²) >= 11 is 1.88. The Morgan fingerprint density at radius 3 is 2.60 bits per heavy atom. The maximum Gasteiger partial charge on any atom is 0.350 e. The molecule has 2 rings (SSSR count). The van der Waals surface area contributed by atoms with E-state index in [1.54, 1.807) is 18.2 Å². The molecule has 0 spiro atoms. The molecule has 0 unspecified atom stereocenters. The van der Waals surface area contributed by atoms with Gasteiger partial charge in [0.05, 0.1) is 4.90 Å². The molecular formula is C11H10IN3O4S. The van der Waals surface area contributed by atoms with Gasteiger partial charge in [0.25, 0.3) is 5.91 Å². The van der Waals surface area contributed by atoms with Crippen molar-refractivity contribution in [2.75, 3.05) is 5.75 Å². The Balaban J connectivity index is 2.34. The molecule has 0 aliphatic heterocycles.